The summed E-state index contributed by atoms with van der Waals surface area (Å²) in [5.74, 6) is -0.371. The van der Waals surface area contributed by atoms with Crippen molar-refractivity contribution in [3.63, 3.8) is 0 Å². The summed E-state index contributed by atoms with van der Waals surface area (Å²) in [6.07, 6.45) is -0.952. The zero-order valence-corrected chi connectivity index (χ0v) is 9.02. The molecule has 1 unspecified atom stereocenters. The van der Waals surface area contributed by atoms with E-state index in [1.54, 1.807) is 25.3 Å². The van der Waals surface area contributed by atoms with Gasteiger partial charge in [0, 0.05) is 5.56 Å². The summed E-state index contributed by atoms with van der Waals surface area (Å²) in [4.78, 5) is 11.5. The first-order chi connectivity index (χ1) is 6.04. The highest BCUT2D eigenvalue weighted by atomic mass is 35.5. The predicted molar refractivity (Wildman–Crippen MR) is 54.5 cm³/mol. The lowest BCUT2D eigenvalue weighted by Gasteiger charge is -2.11. The van der Waals surface area contributed by atoms with Crippen molar-refractivity contribution in [3.05, 3.63) is 21.3 Å². The van der Waals surface area contributed by atoms with Crippen molar-refractivity contribution in [3.8, 4) is 0 Å². The van der Waals surface area contributed by atoms with Crippen LogP contribution in [-0.4, -0.2) is 17.0 Å². The number of aliphatic hydroxyl groups excluding tert-OH is 1. The maximum atomic E-state index is 11.5. The van der Waals surface area contributed by atoms with Gasteiger partial charge in [-0.2, -0.15) is 0 Å². The van der Waals surface area contributed by atoms with Crippen molar-refractivity contribution in [1.29, 1.82) is 0 Å². The Kier molecular flexibility index (Phi) is 3.47. The molecule has 72 valence electrons. The van der Waals surface area contributed by atoms with Crippen LogP contribution in [0.2, 0.25) is 4.34 Å². The van der Waals surface area contributed by atoms with E-state index in [1.165, 1.54) is 11.3 Å². The summed E-state index contributed by atoms with van der Waals surface area (Å²) in [7, 11) is 0. The van der Waals surface area contributed by atoms with Gasteiger partial charge in [-0.25, -0.2) is 0 Å². The lowest BCUT2D eigenvalue weighted by molar-refractivity contribution is 0.0648. The van der Waals surface area contributed by atoms with E-state index in [1.807, 2.05) is 0 Å². The summed E-state index contributed by atoms with van der Waals surface area (Å²) in [5.41, 5.74) is 0.424. The van der Waals surface area contributed by atoms with E-state index >= 15 is 0 Å². The lowest BCUT2D eigenvalue weighted by Crippen LogP contribution is -2.25. The Hall–Kier alpha value is -0.380. The molecule has 0 fully saturated rings. The van der Waals surface area contributed by atoms with E-state index in [9.17, 15) is 9.90 Å². The molecule has 1 aromatic rings. The average molecular weight is 219 g/mol. The second-order valence-electron chi connectivity index (χ2n) is 3.16. The molecule has 0 aliphatic heterocycles. The van der Waals surface area contributed by atoms with Crippen molar-refractivity contribution in [2.75, 3.05) is 0 Å². The maximum absolute atomic E-state index is 11.5. The van der Waals surface area contributed by atoms with E-state index in [0.717, 1.165) is 0 Å². The summed E-state index contributed by atoms with van der Waals surface area (Å²) in [5, 5.41) is 11.2. The average Bonchev–Trinajstić information content (AvgIpc) is 2.48. The highest BCUT2D eigenvalue weighted by molar-refractivity contribution is 7.14. The quantitative estimate of drug-likeness (QED) is 0.792. The summed E-state index contributed by atoms with van der Waals surface area (Å²) < 4.78 is 0.449. The van der Waals surface area contributed by atoms with Gasteiger partial charge >= 0.3 is 0 Å². The SMILES string of the molecule is CC(C)C(O)C(=O)c1ccsc1Cl. The minimum Gasteiger partial charge on any atom is -0.385 e. The number of carbonyl (C=O) groups excluding carboxylic acids is 1. The van der Waals surface area contributed by atoms with Crippen molar-refractivity contribution < 1.29 is 9.90 Å². The Labute approximate surface area is 86.2 Å². The van der Waals surface area contributed by atoms with Gasteiger partial charge in [-0.1, -0.05) is 25.4 Å². The Morgan fingerprint density at radius 2 is 2.23 bits per heavy atom. The molecular formula is C9H11ClO2S. The normalized spacial score (nSPS) is 13.3. The number of hydrogen-bond acceptors (Lipinski definition) is 3. The number of ketones is 1. The minimum absolute atomic E-state index is 0.0801. The van der Waals surface area contributed by atoms with Crippen molar-refractivity contribution in [1.82, 2.24) is 0 Å². The fourth-order valence-corrected chi connectivity index (χ4v) is 1.86. The van der Waals surface area contributed by atoms with Crippen molar-refractivity contribution in [2.45, 2.75) is 20.0 Å². The molecule has 0 radical (unpaired) electrons. The van der Waals surface area contributed by atoms with E-state index in [4.69, 9.17) is 11.6 Å². The molecule has 0 saturated heterocycles. The van der Waals surface area contributed by atoms with Gasteiger partial charge in [0.15, 0.2) is 5.78 Å². The molecule has 4 heteroatoms. The third-order valence-corrected chi connectivity index (χ3v) is 2.95. The number of rotatable bonds is 3. The molecule has 0 aromatic carbocycles. The molecule has 0 bridgehead atoms. The molecule has 1 rings (SSSR count). The second-order valence-corrected chi connectivity index (χ2v) is 4.68. The monoisotopic (exact) mass is 218 g/mol. The van der Waals surface area contributed by atoms with Crippen LogP contribution in [0.1, 0.15) is 24.2 Å². The Morgan fingerprint density at radius 3 is 2.62 bits per heavy atom. The van der Waals surface area contributed by atoms with Crippen molar-refractivity contribution in [2.24, 2.45) is 5.92 Å². The fourth-order valence-electron chi connectivity index (χ4n) is 0.932. The molecule has 1 aromatic heterocycles. The number of Topliss-reactive ketones (excluding diaryl/α,β-unsaturated/α-hetero) is 1. The zero-order valence-electron chi connectivity index (χ0n) is 7.45. The van der Waals surface area contributed by atoms with Gasteiger partial charge in [0.2, 0.25) is 0 Å². The van der Waals surface area contributed by atoms with Crippen LogP contribution in [0.15, 0.2) is 11.4 Å². The van der Waals surface area contributed by atoms with Crippen LogP contribution in [0.4, 0.5) is 0 Å². The Bertz CT molecular complexity index is 306. The molecule has 1 atom stereocenters. The van der Waals surface area contributed by atoms with E-state index < -0.39 is 6.10 Å². The minimum atomic E-state index is -0.952. The van der Waals surface area contributed by atoms with Gasteiger partial charge in [0.1, 0.15) is 10.4 Å². The second kappa shape index (κ2) is 4.22. The third kappa shape index (κ3) is 2.30. The van der Waals surface area contributed by atoms with Crippen LogP contribution in [0, 0.1) is 5.92 Å². The smallest absolute Gasteiger partial charge is 0.193 e. The van der Waals surface area contributed by atoms with E-state index in [2.05, 4.69) is 0 Å². The van der Waals surface area contributed by atoms with Gasteiger partial charge in [-0.15, -0.1) is 11.3 Å². The number of aliphatic hydroxyl groups is 1. The Balaban J connectivity index is 2.86. The number of thiophene rings is 1. The maximum Gasteiger partial charge on any atom is 0.193 e. The third-order valence-electron chi connectivity index (χ3n) is 1.78. The van der Waals surface area contributed by atoms with Crippen LogP contribution in [0.25, 0.3) is 0 Å². The van der Waals surface area contributed by atoms with Crippen LogP contribution in [0.5, 0.6) is 0 Å². The molecule has 0 spiro atoms. The van der Waals surface area contributed by atoms with Gasteiger partial charge in [0.05, 0.1) is 0 Å². The molecule has 1 heterocycles. The van der Waals surface area contributed by atoms with Crippen LogP contribution in [0.3, 0.4) is 0 Å². The number of carbonyl (C=O) groups is 1. The van der Waals surface area contributed by atoms with Gasteiger partial charge in [-0.05, 0) is 17.4 Å². The molecule has 0 saturated carbocycles. The van der Waals surface area contributed by atoms with E-state index in [0.29, 0.717) is 9.90 Å². The first kappa shape index (κ1) is 10.7. The summed E-state index contributed by atoms with van der Waals surface area (Å²) >= 11 is 7.07. The Morgan fingerprint density at radius 1 is 1.62 bits per heavy atom. The highest BCUT2D eigenvalue weighted by Crippen LogP contribution is 2.25. The van der Waals surface area contributed by atoms with Crippen LogP contribution < -0.4 is 0 Å². The molecule has 2 nitrogen and oxygen atoms in total. The molecule has 0 amide bonds. The van der Waals surface area contributed by atoms with Crippen LogP contribution >= 0.6 is 22.9 Å². The standard InChI is InChI=1S/C9H11ClO2S/c1-5(2)7(11)8(12)6-3-4-13-9(6)10/h3-5,7,11H,1-2H3. The zero-order chi connectivity index (χ0) is 10.0. The molecular weight excluding hydrogens is 208 g/mol. The summed E-state index contributed by atoms with van der Waals surface area (Å²) in [6, 6.07) is 1.64. The first-order valence-electron chi connectivity index (χ1n) is 3.99. The van der Waals surface area contributed by atoms with Crippen LogP contribution in [-0.2, 0) is 0 Å². The topological polar surface area (TPSA) is 37.3 Å². The predicted octanol–water partition coefficient (Wildman–Crippen LogP) is 2.60. The molecule has 1 N–H and O–H groups in total. The van der Waals surface area contributed by atoms with Crippen molar-refractivity contribution >= 4 is 28.7 Å². The highest BCUT2D eigenvalue weighted by Gasteiger charge is 2.22. The number of halogens is 1. The largest absolute Gasteiger partial charge is 0.385 e. The summed E-state index contributed by atoms with van der Waals surface area (Å²) in [6.45, 7) is 3.59. The molecule has 0 aliphatic rings. The van der Waals surface area contributed by atoms with E-state index in [-0.39, 0.29) is 11.7 Å². The first-order valence-corrected chi connectivity index (χ1v) is 5.25. The van der Waals surface area contributed by atoms with Gasteiger partial charge in [0.25, 0.3) is 0 Å². The lowest BCUT2D eigenvalue weighted by atomic mass is 10.00. The number of hydrogen-bond donors (Lipinski definition) is 1. The molecule has 13 heavy (non-hydrogen) atoms. The molecule has 0 aliphatic carbocycles. The van der Waals surface area contributed by atoms with Gasteiger partial charge in [-0.3, -0.25) is 4.79 Å². The fraction of sp³-hybridized carbons (Fsp3) is 0.444. The van der Waals surface area contributed by atoms with Gasteiger partial charge < -0.3 is 5.11 Å².